The number of carbonyl (C=O) groups is 1. The molecule has 0 aromatic heterocycles. The Morgan fingerprint density at radius 2 is 2.21 bits per heavy atom. The molecule has 1 aromatic carbocycles. The molecule has 4 heteroatoms. The summed E-state index contributed by atoms with van der Waals surface area (Å²) in [5, 5.41) is 0. The van der Waals surface area contributed by atoms with Crippen LogP contribution >= 0.6 is 0 Å². The summed E-state index contributed by atoms with van der Waals surface area (Å²) in [6.45, 7) is 3.32. The van der Waals surface area contributed by atoms with Crippen molar-refractivity contribution in [3.8, 4) is 0 Å². The van der Waals surface area contributed by atoms with E-state index >= 15 is 0 Å². The number of nitrogens with two attached hydrogens (primary N) is 1. The lowest BCUT2D eigenvalue weighted by Gasteiger charge is -2.21. The zero-order valence-corrected chi connectivity index (χ0v) is 11.4. The van der Waals surface area contributed by atoms with Gasteiger partial charge in [0.25, 0.3) is 0 Å². The zero-order valence-electron chi connectivity index (χ0n) is 11.4. The van der Waals surface area contributed by atoms with Crippen molar-refractivity contribution in [1.29, 1.82) is 0 Å². The highest BCUT2D eigenvalue weighted by Gasteiger charge is 2.22. The number of hydrogen-bond acceptors (Lipinski definition) is 2. The highest BCUT2D eigenvalue weighted by molar-refractivity contribution is 5.76. The Labute approximate surface area is 113 Å². The minimum atomic E-state index is -0.307. The van der Waals surface area contributed by atoms with Gasteiger partial charge < -0.3 is 10.6 Å². The number of likely N-dealkylation sites (tertiary alicyclic amines) is 1. The molecule has 1 fully saturated rings. The number of rotatable bonds is 3. The fraction of sp³-hybridized carbons (Fsp3) is 0.533. The molecule has 2 rings (SSSR count). The van der Waals surface area contributed by atoms with E-state index in [1.165, 1.54) is 12.1 Å². The maximum Gasteiger partial charge on any atom is 0.222 e. The Bertz CT molecular complexity index is 461. The van der Waals surface area contributed by atoms with Gasteiger partial charge in [-0.25, -0.2) is 4.39 Å². The van der Waals surface area contributed by atoms with E-state index in [9.17, 15) is 9.18 Å². The van der Waals surface area contributed by atoms with Crippen molar-refractivity contribution in [2.24, 2.45) is 5.92 Å². The van der Waals surface area contributed by atoms with Gasteiger partial charge in [0.05, 0.1) is 0 Å². The molecule has 0 aliphatic carbocycles. The summed E-state index contributed by atoms with van der Waals surface area (Å²) in [4.78, 5) is 13.9. The quantitative estimate of drug-likeness (QED) is 0.853. The van der Waals surface area contributed by atoms with Crippen molar-refractivity contribution in [3.63, 3.8) is 0 Å². The van der Waals surface area contributed by atoms with E-state index in [2.05, 4.69) is 6.92 Å². The number of halogens is 1. The lowest BCUT2D eigenvalue weighted by Crippen LogP contribution is -2.30. The van der Waals surface area contributed by atoms with Gasteiger partial charge in [-0.05, 0) is 42.5 Å². The number of benzene rings is 1. The molecular weight excluding hydrogens is 243 g/mol. The van der Waals surface area contributed by atoms with Crippen LogP contribution in [0.1, 0.15) is 38.2 Å². The second-order valence-corrected chi connectivity index (χ2v) is 5.26. The van der Waals surface area contributed by atoms with Crippen LogP contribution in [0.3, 0.4) is 0 Å². The van der Waals surface area contributed by atoms with E-state index in [0.717, 1.165) is 25.8 Å². The van der Waals surface area contributed by atoms with Crippen LogP contribution in [0.5, 0.6) is 0 Å². The molecule has 1 aliphatic rings. The third kappa shape index (κ3) is 3.46. The largest absolute Gasteiger partial charge is 0.398 e. The number of nitrogen functional groups attached to an aromatic ring is 1. The van der Waals surface area contributed by atoms with Gasteiger partial charge in [0, 0.05) is 25.2 Å². The topological polar surface area (TPSA) is 46.3 Å². The average molecular weight is 264 g/mol. The van der Waals surface area contributed by atoms with Gasteiger partial charge in [0.1, 0.15) is 5.82 Å². The van der Waals surface area contributed by atoms with Crippen molar-refractivity contribution in [3.05, 3.63) is 29.6 Å². The highest BCUT2D eigenvalue weighted by atomic mass is 19.1. The van der Waals surface area contributed by atoms with Gasteiger partial charge in [0.2, 0.25) is 5.91 Å². The Balaban J connectivity index is 2.09. The fourth-order valence-electron chi connectivity index (χ4n) is 2.59. The van der Waals surface area contributed by atoms with E-state index in [-0.39, 0.29) is 11.7 Å². The molecule has 19 heavy (non-hydrogen) atoms. The van der Waals surface area contributed by atoms with Crippen LogP contribution in [-0.4, -0.2) is 17.4 Å². The summed E-state index contributed by atoms with van der Waals surface area (Å²) in [5.74, 6) is 0.469. The molecule has 0 saturated carbocycles. The van der Waals surface area contributed by atoms with Crippen LogP contribution in [0.15, 0.2) is 18.2 Å². The molecule has 0 spiro atoms. The molecule has 2 N–H and O–H groups in total. The van der Waals surface area contributed by atoms with Crippen molar-refractivity contribution in [1.82, 2.24) is 4.90 Å². The number of amides is 1. The highest BCUT2D eigenvalue weighted by Crippen LogP contribution is 2.23. The zero-order chi connectivity index (χ0) is 13.8. The monoisotopic (exact) mass is 264 g/mol. The standard InChI is InChI=1S/C15H21FN2O/c1-2-11-3-6-15(19)18(8-7-11)10-12-9-13(16)4-5-14(12)17/h4-5,9,11H,2-3,6-8,10,17H2,1H3. The summed E-state index contributed by atoms with van der Waals surface area (Å²) in [7, 11) is 0. The molecule has 1 atom stereocenters. The third-order valence-electron chi connectivity index (χ3n) is 3.97. The number of carbonyl (C=O) groups excluding carboxylic acids is 1. The minimum Gasteiger partial charge on any atom is -0.398 e. The summed E-state index contributed by atoms with van der Waals surface area (Å²) < 4.78 is 13.2. The SMILES string of the molecule is CCC1CCC(=O)N(Cc2cc(F)ccc2N)CC1. The van der Waals surface area contributed by atoms with Crippen LogP contribution in [0, 0.1) is 11.7 Å². The van der Waals surface area contributed by atoms with Crippen LogP contribution in [0.2, 0.25) is 0 Å². The first kappa shape index (κ1) is 13.8. The Hall–Kier alpha value is -1.58. The second kappa shape index (κ2) is 6.04. The molecule has 104 valence electrons. The molecule has 1 amide bonds. The van der Waals surface area contributed by atoms with E-state index in [1.54, 1.807) is 11.0 Å². The first-order chi connectivity index (χ1) is 9.10. The third-order valence-corrected chi connectivity index (χ3v) is 3.97. The van der Waals surface area contributed by atoms with Crippen LogP contribution in [0.4, 0.5) is 10.1 Å². The predicted molar refractivity (Wildman–Crippen MR) is 73.9 cm³/mol. The Kier molecular flexibility index (Phi) is 4.40. The fourth-order valence-corrected chi connectivity index (χ4v) is 2.59. The van der Waals surface area contributed by atoms with Gasteiger partial charge in [-0.15, -0.1) is 0 Å². The first-order valence-corrected chi connectivity index (χ1v) is 6.91. The van der Waals surface area contributed by atoms with Crippen LogP contribution < -0.4 is 5.73 Å². The van der Waals surface area contributed by atoms with Crippen molar-refractivity contribution >= 4 is 11.6 Å². The summed E-state index contributed by atoms with van der Waals surface area (Å²) in [6.07, 6.45) is 3.69. The Morgan fingerprint density at radius 3 is 2.95 bits per heavy atom. The van der Waals surface area contributed by atoms with Gasteiger partial charge >= 0.3 is 0 Å². The van der Waals surface area contributed by atoms with Crippen molar-refractivity contribution in [2.75, 3.05) is 12.3 Å². The molecule has 0 bridgehead atoms. The normalized spacial score (nSPS) is 20.4. The molecule has 0 radical (unpaired) electrons. The van der Waals surface area contributed by atoms with E-state index in [1.807, 2.05) is 0 Å². The average Bonchev–Trinajstić information content (AvgIpc) is 2.57. The Morgan fingerprint density at radius 1 is 1.42 bits per heavy atom. The predicted octanol–water partition coefficient (Wildman–Crippen LogP) is 2.95. The number of nitrogens with zero attached hydrogens (tertiary/aromatic N) is 1. The second-order valence-electron chi connectivity index (χ2n) is 5.26. The smallest absolute Gasteiger partial charge is 0.222 e. The molecule has 1 unspecified atom stereocenters. The van der Waals surface area contributed by atoms with Crippen molar-refractivity contribution in [2.45, 2.75) is 39.2 Å². The summed E-state index contributed by atoms with van der Waals surface area (Å²) in [6, 6.07) is 4.32. The van der Waals surface area contributed by atoms with Gasteiger partial charge in [-0.3, -0.25) is 4.79 Å². The molecule has 1 heterocycles. The van der Waals surface area contributed by atoms with E-state index in [0.29, 0.717) is 30.1 Å². The van der Waals surface area contributed by atoms with Crippen LogP contribution in [0.25, 0.3) is 0 Å². The maximum atomic E-state index is 13.2. The molecule has 3 nitrogen and oxygen atoms in total. The number of hydrogen-bond donors (Lipinski definition) is 1. The lowest BCUT2D eigenvalue weighted by molar-refractivity contribution is -0.131. The molecular formula is C15H21FN2O. The summed E-state index contributed by atoms with van der Waals surface area (Å²) >= 11 is 0. The summed E-state index contributed by atoms with van der Waals surface area (Å²) in [5.41, 5.74) is 7.08. The van der Waals surface area contributed by atoms with Crippen LogP contribution in [-0.2, 0) is 11.3 Å². The van der Waals surface area contributed by atoms with Gasteiger partial charge in [-0.1, -0.05) is 13.3 Å². The lowest BCUT2D eigenvalue weighted by atomic mass is 9.98. The van der Waals surface area contributed by atoms with Crippen molar-refractivity contribution < 1.29 is 9.18 Å². The van der Waals surface area contributed by atoms with Gasteiger partial charge in [0.15, 0.2) is 0 Å². The van der Waals surface area contributed by atoms with E-state index in [4.69, 9.17) is 5.73 Å². The molecule has 1 aromatic rings. The minimum absolute atomic E-state index is 0.152. The number of anilines is 1. The van der Waals surface area contributed by atoms with E-state index < -0.39 is 0 Å². The van der Waals surface area contributed by atoms with Gasteiger partial charge in [-0.2, -0.15) is 0 Å². The molecule has 1 aliphatic heterocycles. The first-order valence-electron chi connectivity index (χ1n) is 6.91. The maximum absolute atomic E-state index is 13.2. The molecule has 1 saturated heterocycles.